The summed E-state index contributed by atoms with van der Waals surface area (Å²) in [4.78, 5) is 0. The molecule has 1 aromatic rings. The molecule has 18 heavy (non-hydrogen) atoms. The lowest BCUT2D eigenvalue weighted by Gasteiger charge is -2.17. The molecule has 0 aliphatic rings. The monoisotopic (exact) mass is 252 g/mol. The highest BCUT2D eigenvalue weighted by molar-refractivity contribution is 5.41. The zero-order valence-electron chi connectivity index (χ0n) is 11.7. The first kappa shape index (κ1) is 15.0. The first-order chi connectivity index (χ1) is 8.49. The van der Waals surface area contributed by atoms with Crippen LogP contribution in [0.5, 0.6) is 5.75 Å². The van der Waals surface area contributed by atoms with Crippen LogP contribution in [0.15, 0.2) is 12.1 Å². The van der Waals surface area contributed by atoms with Crippen molar-refractivity contribution in [3.63, 3.8) is 0 Å². The van der Waals surface area contributed by atoms with E-state index < -0.39 is 12.2 Å². The van der Waals surface area contributed by atoms with Gasteiger partial charge in [-0.1, -0.05) is 13.0 Å². The van der Waals surface area contributed by atoms with E-state index in [2.05, 4.69) is 6.07 Å². The summed E-state index contributed by atoms with van der Waals surface area (Å²) in [5.74, 6) is 0.894. The molecule has 0 aliphatic carbocycles. The molecule has 0 saturated heterocycles. The normalized spacial score (nSPS) is 14.3. The minimum atomic E-state index is -0.642. The van der Waals surface area contributed by atoms with E-state index in [1.165, 1.54) is 5.56 Å². The Morgan fingerprint density at radius 3 is 2.33 bits per heavy atom. The molecule has 0 aliphatic heterocycles. The van der Waals surface area contributed by atoms with E-state index >= 15 is 0 Å². The van der Waals surface area contributed by atoms with Gasteiger partial charge in [0, 0.05) is 0 Å². The van der Waals surface area contributed by atoms with Crippen LogP contribution < -0.4 is 4.74 Å². The van der Waals surface area contributed by atoms with Crippen molar-refractivity contribution in [2.75, 3.05) is 7.11 Å². The van der Waals surface area contributed by atoms with Gasteiger partial charge >= 0.3 is 0 Å². The number of aryl methyl sites for hydroxylation is 3. The molecule has 102 valence electrons. The Labute approximate surface area is 109 Å². The Hall–Kier alpha value is -1.06. The summed E-state index contributed by atoms with van der Waals surface area (Å²) in [7, 11) is 1.67. The molecule has 2 N–H and O–H groups in total. The van der Waals surface area contributed by atoms with E-state index in [4.69, 9.17) is 4.74 Å². The lowest BCUT2D eigenvalue weighted by Crippen LogP contribution is -2.25. The van der Waals surface area contributed by atoms with Crippen LogP contribution in [0, 0.1) is 13.8 Å². The van der Waals surface area contributed by atoms with Crippen molar-refractivity contribution >= 4 is 0 Å². The van der Waals surface area contributed by atoms with Crippen molar-refractivity contribution < 1.29 is 14.9 Å². The molecule has 3 nitrogen and oxygen atoms in total. The average Bonchev–Trinajstić information content (AvgIpc) is 2.37. The lowest BCUT2D eigenvalue weighted by atomic mass is 9.97. The van der Waals surface area contributed by atoms with Crippen LogP contribution in [0.3, 0.4) is 0 Å². The Bertz CT molecular complexity index is 388. The third-order valence-electron chi connectivity index (χ3n) is 3.43. The van der Waals surface area contributed by atoms with Crippen LogP contribution in [-0.4, -0.2) is 29.5 Å². The Morgan fingerprint density at radius 2 is 1.78 bits per heavy atom. The molecule has 0 fully saturated rings. The van der Waals surface area contributed by atoms with Crippen molar-refractivity contribution in [1.82, 2.24) is 0 Å². The fourth-order valence-corrected chi connectivity index (χ4v) is 2.11. The maximum absolute atomic E-state index is 9.77. The molecule has 3 heteroatoms. The number of hydrogen-bond acceptors (Lipinski definition) is 3. The van der Waals surface area contributed by atoms with Crippen molar-refractivity contribution in [1.29, 1.82) is 0 Å². The maximum Gasteiger partial charge on any atom is 0.122 e. The van der Waals surface area contributed by atoms with Gasteiger partial charge in [-0.05, 0) is 55.9 Å². The van der Waals surface area contributed by atoms with Crippen molar-refractivity contribution in [3.8, 4) is 5.75 Å². The Morgan fingerprint density at radius 1 is 1.11 bits per heavy atom. The van der Waals surface area contributed by atoms with Gasteiger partial charge in [-0.3, -0.25) is 0 Å². The van der Waals surface area contributed by atoms with Gasteiger partial charge in [-0.15, -0.1) is 0 Å². The highest BCUT2D eigenvalue weighted by atomic mass is 16.5. The molecule has 1 aromatic carbocycles. The fraction of sp³-hybridized carbons (Fsp3) is 0.600. The highest BCUT2D eigenvalue weighted by Crippen LogP contribution is 2.23. The van der Waals surface area contributed by atoms with E-state index in [1.807, 2.05) is 26.8 Å². The van der Waals surface area contributed by atoms with Crippen molar-refractivity contribution in [2.45, 2.75) is 52.2 Å². The number of aliphatic hydroxyl groups is 2. The van der Waals surface area contributed by atoms with E-state index in [0.29, 0.717) is 12.8 Å². The molecule has 0 heterocycles. The molecule has 1 rings (SSSR count). The Balaban J connectivity index is 2.71. The largest absolute Gasteiger partial charge is 0.496 e. The molecule has 0 amide bonds. The summed E-state index contributed by atoms with van der Waals surface area (Å²) in [5, 5.41) is 19.3. The number of ether oxygens (including phenoxy) is 1. The predicted molar refractivity (Wildman–Crippen MR) is 73.1 cm³/mol. The van der Waals surface area contributed by atoms with Gasteiger partial charge in [0.2, 0.25) is 0 Å². The van der Waals surface area contributed by atoms with E-state index in [1.54, 1.807) is 7.11 Å². The first-order valence-electron chi connectivity index (χ1n) is 6.49. The summed E-state index contributed by atoms with van der Waals surface area (Å²) in [5.41, 5.74) is 3.47. The average molecular weight is 252 g/mol. The first-order valence-corrected chi connectivity index (χ1v) is 6.49. The third-order valence-corrected chi connectivity index (χ3v) is 3.43. The molecule has 0 spiro atoms. The topological polar surface area (TPSA) is 49.7 Å². The van der Waals surface area contributed by atoms with Gasteiger partial charge in [-0.25, -0.2) is 0 Å². The zero-order chi connectivity index (χ0) is 13.7. The van der Waals surface area contributed by atoms with E-state index in [0.717, 1.165) is 23.3 Å². The van der Waals surface area contributed by atoms with Crippen molar-refractivity contribution in [2.24, 2.45) is 0 Å². The van der Waals surface area contributed by atoms with Crippen LogP contribution in [0.2, 0.25) is 0 Å². The number of aliphatic hydroxyl groups excluding tert-OH is 2. The molecule has 0 aromatic heterocycles. The molecular weight excluding hydrogens is 228 g/mol. The Kier molecular flexibility index (Phi) is 5.63. The number of methoxy groups -OCH3 is 1. The smallest absolute Gasteiger partial charge is 0.122 e. The number of hydrogen-bond donors (Lipinski definition) is 2. The van der Waals surface area contributed by atoms with Gasteiger partial charge in [-0.2, -0.15) is 0 Å². The highest BCUT2D eigenvalue weighted by Gasteiger charge is 2.14. The quantitative estimate of drug-likeness (QED) is 0.817. The van der Waals surface area contributed by atoms with Crippen LogP contribution >= 0.6 is 0 Å². The second-order valence-electron chi connectivity index (χ2n) is 4.83. The molecule has 0 bridgehead atoms. The molecule has 0 radical (unpaired) electrons. The van der Waals surface area contributed by atoms with Gasteiger partial charge in [0.15, 0.2) is 0 Å². The maximum atomic E-state index is 9.77. The predicted octanol–water partition coefficient (Wildman–Crippen LogP) is 2.38. The summed E-state index contributed by atoms with van der Waals surface area (Å²) >= 11 is 0. The standard InChI is InChI=1S/C15H24O3/c1-5-13(16)14(17)7-6-12-8-11(3)15(18-4)9-10(12)2/h8-9,13-14,16-17H,5-7H2,1-4H3. The zero-order valence-corrected chi connectivity index (χ0v) is 11.7. The second-order valence-corrected chi connectivity index (χ2v) is 4.83. The lowest BCUT2D eigenvalue weighted by molar-refractivity contribution is 0.0130. The second kappa shape index (κ2) is 6.76. The minimum absolute atomic E-state index is 0.585. The molecule has 2 atom stereocenters. The summed E-state index contributed by atoms with van der Waals surface area (Å²) in [6.45, 7) is 5.93. The molecule has 0 saturated carbocycles. The summed E-state index contributed by atoms with van der Waals surface area (Å²) < 4.78 is 5.27. The van der Waals surface area contributed by atoms with Crippen LogP contribution in [0.25, 0.3) is 0 Å². The van der Waals surface area contributed by atoms with Crippen LogP contribution in [-0.2, 0) is 6.42 Å². The third kappa shape index (κ3) is 3.72. The van der Waals surface area contributed by atoms with Crippen LogP contribution in [0.1, 0.15) is 36.5 Å². The SMILES string of the molecule is CCC(O)C(O)CCc1cc(C)c(OC)cc1C. The van der Waals surface area contributed by atoms with Gasteiger partial charge < -0.3 is 14.9 Å². The van der Waals surface area contributed by atoms with Crippen molar-refractivity contribution in [3.05, 3.63) is 28.8 Å². The fourth-order valence-electron chi connectivity index (χ4n) is 2.11. The molecular formula is C15H24O3. The molecule has 2 unspecified atom stereocenters. The summed E-state index contributed by atoms with van der Waals surface area (Å²) in [6, 6.07) is 4.12. The van der Waals surface area contributed by atoms with Gasteiger partial charge in [0.25, 0.3) is 0 Å². The number of rotatable bonds is 6. The van der Waals surface area contributed by atoms with Gasteiger partial charge in [0.1, 0.15) is 5.75 Å². The summed E-state index contributed by atoms with van der Waals surface area (Å²) in [6.07, 6.45) is 0.680. The van der Waals surface area contributed by atoms with E-state index in [9.17, 15) is 10.2 Å². The number of benzene rings is 1. The van der Waals surface area contributed by atoms with Crippen LogP contribution in [0.4, 0.5) is 0 Å². The van der Waals surface area contributed by atoms with E-state index in [-0.39, 0.29) is 0 Å². The van der Waals surface area contributed by atoms with Gasteiger partial charge in [0.05, 0.1) is 19.3 Å². The minimum Gasteiger partial charge on any atom is -0.496 e.